The van der Waals surface area contributed by atoms with Crippen molar-refractivity contribution in [1.29, 1.82) is 0 Å². The van der Waals surface area contributed by atoms with Crippen molar-refractivity contribution < 1.29 is 0 Å². The predicted octanol–water partition coefficient (Wildman–Crippen LogP) is 2.77. The molecule has 0 aliphatic carbocycles. The van der Waals surface area contributed by atoms with Crippen molar-refractivity contribution in [2.45, 2.75) is 32.1 Å². The molecule has 0 saturated carbocycles. The van der Waals surface area contributed by atoms with Gasteiger partial charge in [0, 0.05) is 25.9 Å². The van der Waals surface area contributed by atoms with Crippen LogP contribution in [0.3, 0.4) is 0 Å². The number of hydrogen-bond acceptors (Lipinski definition) is 3. The lowest BCUT2D eigenvalue weighted by molar-refractivity contribution is 0.731. The van der Waals surface area contributed by atoms with E-state index in [-0.39, 0.29) is 0 Å². The first-order valence-corrected chi connectivity index (χ1v) is 7.12. The van der Waals surface area contributed by atoms with Gasteiger partial charge in [-0.25, -0.2) is 4.99 Å². The van der Waals surface area contributed by atoms with E-state index in [0.717, 1.165) is 37.6 Å². The lowest BCUT2D eigenvalue weighted by Crippen LogP contribution is -2.33. The molecule has 3 rings (SSSR count). The van der Waals surface area contributed by atoms with Gasteiger partial charge in [-0.3, -0.25) is 15.4 Å². The molecule has 4 heteroatoms. The molecular weight excluding hydrogens is 236 g/mol. The molecule has 19 heavy (non-hydrogen) atoms. The highest BCUT2D eigenvalue weighted by atomic mass is 15.5. The van der Waals surface area contributed by atoms with Crippen LogP contribution >= 0.6 is 0 Å². The maximum absolute atomic E-state index is 4.68. The van der Waals surface area contributed by atoms with Crippen molar-refractivity contribution in [3.05, 3.63) is 30.3 Å². The van der Waals surface area contributed by atoms with Gasteiger partial charge in [0.05, 0.1) is 5.69 Å². The average Bonchev–Trinajstić information content (AvgIpc) is 2.76. The molecule has 1 saturated heterocycles. The normalized spacial score (nSPS) is 22.0. The maximum Gasteiger partial charge on any atom is 0.125 e. The quantitative estimate of drug-likeness (QED) is 0.839. The topological polar surface area (TPSA) is 40.0 Å². The van der Waals surface area contributed by atoms with Gasteiger partial charge < -0.3 is 0 Å². The van der Waals surface area contributed by atoms with Crippen LogP contribution in [0.5, 0.6) is 0 Å². The first kappa shape index (κ1) is 12.2. The van der Waals surface area contributed by atoms with Crippen LogP contribution in [-0.2, 0) is 0 Å². The molecule has 0 spiro atoms. The van der Waals surface area contributed by atoms with Gasteiger partial charge in [-0.1, -0.05) is 24.6 Å². The molecule has 1 aromatic rings. The van der Waals surface area contributed by atoms with Crippen molar-refractivity contribution in [3.8, 4) is 0 Å². The average molecular weight is 256 g/mol. The van der Waals surface area contributed by atoms with E-state index in [1.807, 2.05) is 6.07 Å². The highest BCUT2D eigenvalue weighted by Gasteiger charge is 2.17. The van der Waals surface area contributed by atoms with Crippen molar-refractivity contribution in [3.63, 3.8) is 0 Å². The van der Waals surface area contributed by atoms with Crippen LogP contribution in [0.4, 0.5) is 5.69 Å². The molecule has 2 heterocycles. The second kappa shape index (κ2) is 5.87. The van der Waals surface area contributed by atoms with Crippen molar-refractivity contribution >= 4 is 17.4 Å². The molecule has 100 valence electrons. The minimum absolute atomic E-state index is 0.939. The van der Waals surface area contributed by atoms with E-state index in [0.29, 0.717) is 0 Å². The standard InChI is InChI=1S/C15H20N4/c1-3-7-13(8-4-1)19-12-10-15(18-19)17-14-9-5-2-6-11-16-14/h1,3-4,7-8H,2,5-6,9-12H2,(H,16,17,18). The summed E-state index contributed by atoms with van der Waals surface area (Å²) in [7, 11) is 0. The van der Waals surface area contributed by atoms with E-state index >= 15 is 0 Å². The summed E-state index contributed by atoms with van der Waals surface area (Å²) in [5, 5.41) is 2.15. The first-order valence-electron chi connectivity index (χ1n) is 7.12. The number of benzene rings is 1. The number of hydrogen-bond donors (Lipinski definition) is 1. The van der Waals surface area contributed by atoms with Gasteiger partial charge in [-0.05, 0) is 25.0 Å². The third-order valence-corrected chi connectivity index (χ3v) is 3.52. The lowest BCUT2D eigenvalue weighted by Gasteiger charge is -2.17. The Morgan fingerprint density at radius 1 is 1.05 bits per heavy atom. The summed E-state index contributed by atoms with van der Waals surface area (Å²) in [6.45, 7) is 1.91. The highest BCUT2D eigenvalue weighted by molar-refractivity contribution is 5.99. The molecule has 0 atom stereocenters. The zero-order valence-corrected chi connectivity index (χ0v) is 11.2. The number of anilines is 1. The summed E-state index contributed by atoms with van der Waals surface area (Å²) in [4.78, 5) is 9.24. The fraction of sp³-hybridized carbons (Fsp3) is 0.467. The molecule has 0 amide bonds. The van der Waals surface area contributed by atoms with Crippen LogP contribution < -0.4 is 10.4 Å². The second-order valence-corrected chi connectivity index (χ2v) is 5.02. The fourth-order valence-corrected chi connectivity index (χ4v) is 2.47. The Balaban J connectivity index is 1.67. The van der Waals surface area contributed by atoms with Gasteiger partial charge in [0.2, 0.25) is 0 Å². The lowest BCUT2D eigenvalue weighted by atomic mass is 10.2. The largest absolute Gasteiger partial charge is 0.286 e. The third-order valence-electron chi connectivity index (χ3n) is 3.52. The van der Waals surface area contributed by atoms with E-state index < -0.39 is 0 Å². The van der Waals surface area contributed by atoms with Crippen LogP contribution in [0.2, 0.25) is 0 Å². The molecule has 0 aromatic heterocycles. The maximum atomic E-state index is 4.68. The highest BCUT2D eigenvalue weighted by Crippen LogP contribution is 2.16. The summed E-state index contributed by atoms with van der Waals surface area (Å²) >= 11 is 0. The van der Waals surface area contributed by atoms with E-state index in [9.17, 15) is 0 Å². The van der Waals surface area contributed by atoms with E-state index in [1.165, 1.54) is 24.9 Å². The summed E-state index contributed by atoms with van der Waals surface area (Å²) < 4.78 is 0. The van der Waals surface area contributed by atoms with Gasteiger partial charge >= 0.3 is 0 Å². The van der Waals surface area contributed by atoms with Crippen LogP contribution in [-0.4, -0.2) is 24.8 Å². The molecule has 1 fully saturated rings. The smallest absolute Gasteiger partial charge is 0.125 e. The van der Waals surface area contributed by atoms with Crippen LogP contribution in [0.1, 0.15) is 32.1 Å². The zero-order valence-electron chi connectivity index (χ0n) is 11.2. The molecule has 0 bridgehead atoms. The minimum Gasteiger partial charge on any atom is -0.286 e. The Morgan fingerprint density at radius 3 is 2.84 bits per heavy atom. The predicted molar refractivity (Wildman–Crippen MR) is 79.7 cm³/mol. The van der Waals surface area contributed by atoms with Crippen molar-refractivity contribution in [2.24, 2.45) is 9.98 Å². The number of nitrogens with one attached hydrogen (secondary N) is 1. The van der Waals surface area contributed by atoms with Gasteiger partial charge in [0.1, 0.15) is 11.7 Å². The molecule has 4 nitrogen and oxygen atoms in total. The van der Waals surface area contributed by atoms with E-state index in [1.54, 1.807) is 0 Å². The molecule has 0 unspecified atom stereocenters. The number of amidine groups is 2. The Bertz CT molecular complexity index is 478. The van der Waals surface area contributed by atoms with Crippen LogP contribution in [0.15, 0.2) is 40.3 Å². The molecule has 2 aliphatic rings. The molecule has 0 radical (unpaired) electrons. The number of rotatable bonds is 1. The number of para-hydroxylation sites is 1. The Kier molecular flexibility index (Phi) is 3.77. The monoisotopic (exact) mass is 256 g/mol. The number of aliphatic imine (C=N–C) groups is 2. The van der Waals surface area contributed by atoms with Gasteiger partial charge in [0.25, 0.3) is 0 Å². The molecular formula is C15H20N4. The molecule has 1 aromatic carbocycles. The molecule has 2 aliphatic heterocycles. The SMILES string of the molecule is c1ccc(N2CCC(=NC3=NCCCCC3)N2)cc1. The van der Waals surface area contributed by atoms with Gasteiger partial charge in [0.15, 0.2) is 0 Å². The second-order valence-electron chi connectivity index (χ2n) is 5.02. The minimum atomic E-state index is 0.939. The summed E-state index contributed by atoms with van der Waals surface area (Å²) in [5.74, 6) is 2.07. The van der Waals surface area contributed by atoms with Crippen LogP contribution in [0, 0.1) is 0 Å². The van der Waals surface area contributed by atoms with E-state index in [4.69, 9.17) is 0 Å². The Labute approximate surface area is 114 Å². The molecule has 1 N–H and O–H groups in total. The zero-order chi connectivity index (χ0) is 12.9. The third kappa shape index (κ3) is 3.13. The summed E-state index contributed by atoms with van der Waals surface area (Å²) in [6.07, 6.45) is 5.70. The van der Waals surface area contributed by atoms with Gasteiger partial charge in [-0.2, -0.15) is 0 Å². The Morgan fingerprint density at radius 2 is 1.95 bits per heavy atom. The number of nitrogens with zero attached hydrogens (tertiary/aromatic N) is 3. The van der Waals surface area contributed by atoms with Crippen molar-refractivity contribution in [1.82, 2.24) is 5.43 Å². The summed E-state index contributed by atoms with van der Waals surface area (Å²) in [5.41, 5.74) is 4.57. The van der Waals surface area contributed by atoms with E-state index in [2.05, 4.69) is 44.7 Å². The van der Waals surface area contributed by atoms with Crippen molar-refractivity contribution in [2.75, 3.05) is 18.1 Å². The fourth-order valence-electron chi connectivity index (χ4n) is 2.47. The number of hydrazine groups is 1. The Hall–Kier alpha value is -1.84. The summed E-state index contributed by atoms with van der Waals surface area (Å²) in [6, 6.07) is 10.4. The van der Waals surface area contributed by atoms with Crippen LogP contribution in [0.25, 0.3) is 0 Å². The van der Waals surface area contributed by atoms with Gasteiger partial charge in [-0.15, -0.1) is 0 Å². The first-order chi connectivity index (χ1) is 9.42.